The van der Waals surface area contributed by atoms with Crippen molar-refractivity contribution in [2.75, 3.05) is 18.4 Å². The molecule has 1 fully saturated rings. The zero-order chi connectivity index (χ0) is 19.5. The van der Waals surface area contributed by atoms with Crippen molar-refractivity contribution in [1.29, 1.82) is 0 Å². The fourth-order valence-corrected chi connectivity index (χ4v) is 3.97. The molecular formula is C22H27N5O. The van der Waals surface area contributed by atoms with Gasteiger partial charge in [-0.3, -0.25) is 14.2 Å². The number of carbonyl (C=O) groups excluding carboxylic acids is 1. The molecule has 0 aliphatic carbocycles. The second kappa shape index (κ2) is 8.00. The Bertz CT molecular complexity index is 980. The molecule has 1 aliphatic heterocycles. The van der Waals surface area contributed by atoms with Gasteiger partial charge in [-0.2, -0.15) is 0 Å². The molecule has 1 saturated heterocycles. The SMILES string of the molecule is Cc1cccc(-c2nc3cnccn3c2NCCC(=O)N2CCCC[C@H]2C)c1. The number of aryl methyl sites for hydroxylation is 1. The Labute approximate surface area is 165 Å². The summed E-state index contributed by atoms with van der Waals surface area (Å²) in [5.74, 6) is 1.13. The van der Waals surface area contributed by atoms with E-state index in [1.165, 1.54) is 12.0 Å². The molecule has 1 atom stereocenters. The summed E-state index contributed by atoms with van der Waals surface area (Å²) in [4.78, 5) is 23.6. The minimum Gasteiger partial charge on any atom is -0.369 e. The molecule has 0 bridgehead atoms. The molecule has 0 saturated carbocycles. The number of hydrogen-bond acceptors (Lipinski definition) is 4. The van der Waals surface area contributed by atoms with Gasteiger partial charge in [-0.05, 0) is 39.2 Å². The van der Waals surface area contributed by atoms with Gasteiger partial charge >= 0.3 is 0 Å². The van der Waals surface area contributed by atoms with Crippen LogP contribution in [-0.4, -0.2) is 44.3 Å². The maximum Gasteiger partial charge on any atom is 0.224 e. The van der Waals surface area contributed by atoms with E-state index in [0.717, 1.165) is 42.1 Å². The summed E-state index contributed by atoms with van der Waals surface area (Å²) in [6, 6.07) is 8.66. The van der Waals surface area contributed by atoms with Crippen LogP contribution in [0, 0.1) is 6.92 Å². The van der Waals surface area contributed by atoms with Crippen molar-refractivity contribution >= 4 is 17.4 Å². The minimum absolute atomic E-state index is 0.229. The maximum atomic E-state index is 12.7. The van der Waals surface area contributed by atoms with Crippen LogP contribution in [0.3, 0.4) is 0 Å². The van der Waals surface area contributed by atoms with Crippen LogP contribution in [0.15, 0.2) is 42.9 Å². The van der Waals surface area contributed by atoms with Crippen LogP contribution in [0.2, 0.25) is 0 Å². The minimum atomic E-state index is 0.229. The van der Waals surface area contributed by atoms with Gasteiger partial charge in [-0.1, -0.05) is 23.8 Å². The van der Waals surface area contributed by atoms with Gasteiger partial charge in [0, 0.05) is 43.5 Å². The molecule has 1 aromatic carbocycles. The molecule has 3 heterocycles. The number of imidazole rings is 1. The molecule has 6 nitrogen and oxygen atoms in total. The predicted octanol–water partition coefficient (Wildman–Crippen LogP) is 3.91. The van der Waals surface area contributed by atoms with Gasteiger partial charge in [0.05, 0.1) is 6.20 Å². The fraction of sp³-hybridized carbons (Fsp3) is 0.409. The fourth-order valence-electron chi connectivity index (χ4n) is 3.97. The third kappa shape index (κ3) is 3.72. The number of fused-ring (bicyclic) bond motifs is 1. The van der Waals surface area contributed by atoms with Gasteiger partial charge in [-0.15, -0.1) is 0 Å². The lowest BCUT2D eigenvalue weighted by atomic mass is 10.0. The zero-order valence-corrected chi connectivity index (χ0v) is 16.6. The van der Waals surface area contributed by atoms with Crippen molar-refractivity contribution < 1.29 is 4.79 Å². The Balaban J connectivity index is 1.54. The summed E-state index contributed by atoms with van der Waals surface area (Å²) in [6.45, 7) is 5.69. The highest BCUT2D eigenvalue weighted by Gasteiger charge is 2.23. The number of nitrogens with zero attached hydrogens (tertiary/aromatic N) is 4. The lowest BCUT2D eigenvalue weighted by Crippen LogP contribution is -2.42. The summed E-state index contributed by atoms with van der Waals surface area (Å²) in [7, 11) is 0. The van der Waals surface area contributed by atoms with E-state index in [0.29, 0.717) is 19.0 Å². The van der Waals surface area contributed by atoms with Crippen molar-refractivity contribution in [3.63, 3.8) is 0 Å². The number of hydrogen-bond donors (Lipinski definition) is 1. The number of amides is 1. The highest BCUT2D eigenvalue weighted by Crippen LogP contribution is 2.29. The number of rotatable bonds is 5. The van der Waals surface area contributed by atoms with Crippen LogP contribution in [0.4, 0.5) is 5.82 Å². The maximum absolute atomic E-state index is 12.7. The van der Waals surface area contributed by atoms with E-state index in [1.54, 1.807) is 12.4 Å². The first-order chi connectivity index (χ1) is 13.6. The molecule has 28 heavy (non-hydrogen) atoms. The van der Waals surface area contributed by atoms with E-state index in [4.69, 9.17) is 4.98 Å². The van der Waals surface area contributed by atoms with Crippen molar-refractivity contribution in [2.24, 2.45) is 0 Å². The van der Waals surface area contributed by atoms with Gasteiger partial charge in [0.1, 0.15) is 11.5 Å². The van der Waals surface area contributed by atoms with Crippen molar-refractivity contribution in [1.82, 2.24) is 19.3 Å². The number of anilines is 1. The smallest absolute Gasteiger partial charge is 0.224 e. The Kier molecular flexibility index (Phi) is 5.28. The van der Waals surface area contributed by atoms with E-state index in [2.05, 4.69) is 42.3 Å². The van der Waals surface area contributed by atoms with E-state index in [1.807, 2.05) is 21.6 Å². The molecule has 0 radical (unpaired) electrons. The quantitative estimate of drug-likeness (QED) is 0.732. The number of benzene rings is 1. The van der Waals surface area contributed by atoms with E-state index in [9.17, 15) is 4.79 Å². The second-order valence-electron chi connectivity index (χ2n) is 7.59. The third-order valence-corrected chi connectivity index (χ3v) is 5.48. The Morgan fingerprint density at radius 1 is 1.32 bits per heavy atom. The number of carbonyl (C=O) groups is 1. The molecule has 2 aromatic heterocycles. The van der Waals surface area contributed by atoms with Gasteiger partial charge in [0.25, 0.3) is 0 Å². The molecule has 0 spiro atoms. The third-order valence-electron chi connectivity index (χ3n) is 5.48. The molecule has 146 valence electrons. The average molecular weight is 377 g/mol. The van der Waals surface area contributed by atoms with Gasteiger partial charge in [0.15, 0.2) is 5.65 Å². The number of likely N-dealkylation sites (tertiary alicyclic amines) is 1. The summed E-state index contributed by atoms with van der Waals surface area (Å²) in [5, 5.41) is 3.46. The van der Waals surface area contributed by atoms with Crippen LogP contribution in [0.25, 0.3) is 16.9 Å². The summed E-state index contributed by atoms with van der Waals surface area (Å²) < 4.78 is 2.00. The largest absolute Gasteiger partial charge is 0.369 e. The Morgan fingerprint density at radius 3 is 3.04 bits per heavy atom. The lowest BCUT2D eigenvalue weighted by molar-refractivity contribution is -0.134. The average Bonchev–Trinajstić information content (AvgIpc) is 3.07. The topological polar surface area (TPSA) is 62.5 Å². The standard InChI is InChI=1S/C22H27N5O/c1-16-6-5-8-18(14-16)21-22(27-13-11-23-15-19(27)25-21)24-10-9-20(28)26-12-4-3-7-17(26)2/h5-6,8,11,13-15,17,24H,3-4,7,9-10,12H2,1-2H3/t17-/m1/s1. The van der Waals surface area contributed by atoms with Crippen LogP contribution < -0.4 is 5.32 Å². The first-order valence-corrected chi connectivity index (χ1v) is 10.1. The molecule has 0 unspecified atom stereocenters. The summed E-state index contributed by atoms with van der Waals surface area (Å²) >= 11 is 0. The first-order valence-electron chi connectivity index (χ1n) is 10.1. The van der Waals surface area contributed by atoms with E-state index >= 15 is 0 Å². The summed E-state index contributed by atoms with van der Waals surface area (Å²) in [5.41, 5.74) is 3.92. The lowest BCUT2D eigenvalue weighted by Gasteiger charge is -2.33. The van der Waals surface area contributed by atoms with Crippen LogP contribution in [0.1, 0.15) is 38.2 Å². The van der Waals surface area contributed by atoms with Crippen molar-refractivity contribution in [3.8, 4) is 11.3 Å². The normalized spacial score (nSPS) is 17.1. The van der Waals surface area contributed by atoms with Gasteiger partial charge in [-0.25, -0.2) is 4.98 Å². The number of aromatic nitrogens is 3. The molecule has 3 aromatic rings. The first kappa shape index (κ1) is 18.5. The van der Waals surface area contributed by atoms with Gasteiger partial charge in [0.2, 0.25) is 5.91 Å². The zero-order valence-electron chi connectivity index (χ0n) is 16.6. The van der Waals surface area contributed by atoms with E-state index < -0.39 is 0 Å². The summed E-state index contributed by atoms with van der Waals surface area (Å²) in [6.07, 6.45) is 9.33. The van der Waals surface area contributed by atoms with Crippen LogP contribution in [0.5, 0.6) is 0 Å². The number of nitrogens with one attached hydrogen (secondary N) is 1. The van der Waals surface area contributed by atoms with Crippen molar-refractivity contribution in [2.45, 2.75) is 45.6 Å². The van der Waals surface area contributed by atoms with Crippen LogP contribution >= 0.6 is 0 Å². The molecule has 1 amide bonds. The highest BCUT2D eigenvalue weighted by molar-refractivity contribution is 5.79. The number of piperidine rings is 1. The molecule has 1 N–H and O–H groups in total. The molecule has 1 aliphatic rings. The van der Waals surface area contributed by atoms with E-state index in [-0.39, 0.29) is 5.91 Å². The Morgan fingerprint density at radius 2 is 2.21 bits per heavy atom. The van der Waals surface area contributed by atoms with Gasteiger partial charge < -0.3 is 10.2 Å². The molecule has 4 rings (SSSR count). The van der Waals surface area contributed by atoms with Crippen molar-refractivity contribution in [3.05, 3.63) is 48.4 Å². The van der Waals surface area contributed by atoms with Crippen LogP contribution in [-0.2, 0) is 4.79 Å². The second-order valence-corrected chi connectivity index (χ2v) is 7.59. The molecule has 6 heteroatoms. The highest BCUT2D eigenvalue weighted by atomic mass is 16.2. The monoisotopic (exact) mass is 377 g/mol. The predicted molar refractivity (Wildman–Crippen MR) is 111 cm³/mol. The molecular weight excluding hydrogens is 350 g/mol. The Hall–Kier alpha value is -2.89.